The highest BCUT2D eigenvalue weighted by atomic mass is 32.2. The van der Waals surface area contributed by atoms with E-state index in [1.165, 1.54) is 11.8 Å². The van der Waals surface area contributed by atoms with E-state index in [-0.39, 0.29) is 0 Å². The molecule has 0 spiro atoms. The topological polar surface area (TPSA) is 88.3 Å². The summed E-state index contributed by atoms with van der Waals surface area (Å²) in [6, 6.07) is 6.00. The van der Waals surface area contributed by atoms with Crippen LogP contribution in [0.2, 0.25) is 0 Å². The van der Waals surface area contributed by atoms with Gasteiger partial charge in [0.15, 0.2) is 0 Å². The van der Waals surface area contributed by atoms with E-state index in [2.05, 4.69) is 26.0 Å². The first-order valence-electron chi connectivity index (χ1n) is 7.88. The van der Waals surface area contributed by atoms with E-state index >= 15 is 0 Å². The lowest BCUT2D eigenvalue weighted by atomic mass is 9.94. The Bertz CT molecular complexity index is 759. The molecule has 0 aliphatic carbocycles. The Morgan fingerprint density at radius 1 is 1.35 bits per heavy atom. The third-order valence-corrected chi connectivity index (χ3v) is 4.97. The van der Waals surface area contributed by atoms with Crippen molar-refractivity contribution < 1.29 is 13.0 Å². The molecular weight excluding hydrogens is 316 g/mol. The van der Waals surface area contributed by atoms with Crippen molar-refractivity contribution in [3.63, 3.8) is 0 Å². The number of fused-ring (bicyclic) bond motifs is 1. The van der Waals surface area contributed by atoms with Crippen molar-refractivity contribution in [3.05, 3.63) is 23.8 Å². The Morgan fingerprint density at radius 2 is 2.17 bits per heavy atom. The van der Waals surface area contributed by atoms with E-state index < -0.39 is 10.0 Å². The van der Waals surface area contributed by atoms with Gasteiger partial charge in [-0.3, -0.25) is 4.90 Å². The first-order valence-corrected chi connectivity index (χ1v) is 9.77. The Labute approximate surface area is 136 Å². The molecule has 1 saturated heterocycles. The van der Waals surface area contributed by atoms with Crippen molar-refractivity contribution in [3.8, 4) is 0 Å². The van der Waals surface area contributed by atoms with Crippen LogP contribution in [0.5, 0.6) is 0 Å². The van der Waals surface area contributed by atoms with Crippen molar-refractivity contribution in [2.45, 2.75) is 25.8 Å². The molecule has 2 heterocycles. The number of nitrogens with zero attached hydrogens (tertiary/aromatic N) is 3. The third-order valence-electron chi connectivity index (χ3n) is 4.24. The summed E-state index contributed by atoms with van der Waals surface area (Å²) in [5.41, 5.74) is 2.76. The standard InChI is InChI=1S/C15H22N4O3S/c1-23(20,21)16-7-6-12-3-2-8-19(10-12)11-13-4-5-14-15(9-13)18-22-17-14/h4-5,9,12,16H,2-3,6-8,10-11H2,1H3. The fourth-order valence-corrected chi connectivity index (χ4v) is 3.65. The van der Waals surface area contributed by atoms with Gasteiger partial charge in [0.05, 0.1) is 6.26 Å². The smallest absolute Gasteiger partial charge is 0.208 e. The summed E-state index contributed by atoms with van der Waals surface area (Å²) < 4.78 is 29.6. The number of piperidine rings is 1. The van der Waals surface area contributed by atoms with Gasteiger partial charge in [0, 0.05) is 19.6 Å². The third kappa shape index (κ3) is 4.73. The van der Waals surface area contributed by atoms with E-state index in [0.717, 1.165) is 49.9 Å². The summed E-state index contributed by atoms with van der Waals surface area (Å²) in [6.45, 7) is 3.47. The van der Waals surface area contributed by atoms with E-state index in [4.69, 9.17) is 4.63 Å². The molecule has 0 amide bonds. The lowest BCUT2D eigenvalue weighted by molar-refractivity contribution is 0.162. The molecular formula is C15H22N4O3S. The van der Waals surface area contributed by atoms with Gasteiger partial charge in [0.1, 0.15) is 11.0 Å². The van der Waals surface area contributed by atoms with Crippen LogP contribution in [0.15, 0.2) is 22.8 Å². The van der Waals surface area contributed by atoms with Crippen LogP contribution < -0.4 is 4.72 Å². The largest absolute Gasteiger partial charge is 0.299 e. The molecule has 1 atom stereocenters. The summed E-state index contributed by atoms with van der Waals surface area (Å²) >= 11 is 0. The van der Waals surface area contributed by atoms with Crippen LogP contribution >= 0.6 is 0 Å². The van der Waals surface area contributed by atoms with E-state index in [9.17, 15) is 8.42 Å². The maximum absolute atomic E-state index is 11.1. The molecule has 3 rings (SSSR count). The molecule has 2 aromatic rings. The minimum absolute atomic E-state index is 0.522. The summed E-state index contributed by atoms with van der Waals surface area (Å²) in [5.74, 6) is 0.537. The van der Waals surface area contributed by atoms with E-state index in [0.29, 0.717) is 12.5 Å². The first kappa shape index (κ1) is 16.4. The molecule has 7 nitrogen and oxygen atoms in total. The molecule has 1 aliphatic rings. The highest BCUT2D eigenvalue weighted by Gasteiger charge is 2.20. The van der Waals surface area contributed by atoms with Gasteiger partial charge in [-0.1, -0.05) is 6.07 Å². The summed E-state index contributed by atoms with van der Waals surface area (Å²) in [6.07, 6.45) is 4.40. The molecule has 0 bridgehead atoms. The fraction of sp³-hybridized carbons (Fsp3) is 0.600. The zero-order valence-electron chi connectivity index (χ0n) is 13.2. The number of nitrogens with one attached hydrogen (secondary N) is 1. The van der Waals surface area contributed by atoms with Gasteiger partial charge in [0.2, 0.25) is 10.0 Å². The molecule has 0 radical (unpaired) electrons. The van der Waals surface area contributed by atoms with Gasteiger partial charge >= 0.3 is 0 Å². The summed E-state index contributed by atoms with van der Waals surface area (Å²) in [5, 5.41) is 7.70. The maximum atomic E-state index is 11.1. The predicted octanol–water partition coefficient (Wildman–Crippen LogP) is 1.37. The molecule has 23 heavy (non-hydrogen) atoms. The molecule has 1 N–H and O–H groups in total. The maximum Gasteiger partial charge on any atom is 0.208 e. The molecule has 0 saturated carbocycles. The van der Waals surface area contributed by atoms with Gasteiger partial charge in [-0.15, -0.1) is 0 Å². The van der Waals surface area contributed by atoms with Crippen LogP contribution in [-0.4, -0.2) is 49.5 Å². The van der Waals surface area contributed by atoms with Crippen LogP contribution in [0.25, 0.3) is 11.0 Å². The number of hydrogen-bond donors (Lipinski definition) is 1. The first-order chi connectivity index (χ1) is 11.0. The minimum atomic E-state index is -3.09. The normalized spacial score (nSPS) is 20.1. The molecule has 1 fully saturated rings. The van der Waals surface area contributed by atoms with Gasteiger partial charge in [-0.05, 0) is 59.7 Å². The van der Waals surface area contributed by atoms with Crippen LogP contribution in [-0.2, 0) is 16.6 Å². The molecule has 1 aromatic heterocycles. The second kappa shape index (κ2) is 6.94. The van der Waals surface area contributed by atoms with Gasteiger partial charge in [-0.25, -0.2) is 17.8 Å². The highest BCUT2D eigenvalue weighted by Crippen LogP contribution is 2.22. The van der Waals surface area contributed by atoms with Gasteiger partial charge in [-0.2, -0.15) is 0 Å². The quantitative estimate of drug-likeness (QED) is 0.856. The van der Waals surface area contributed by atoms with Crippen LogP contribution in [0.3, 0.4) is 0 Å². The van der Waals surface area contributed by atoms with Gasteiger partial charge in [0.25, 0.3) is 0 Å². The minimum Gasteiger partial charge on any atom is -0.299 e. The number of rotatable bonds is 6. The van der Waals surface area contributed by atoms with Crippen molar-refractivity contribution in [2.75, 3.05) is 25.9 Å². The lowest BCUT2D eigenvalue weighted by Gasteiger charge is -2.32. The Balaban J connectivity index is 1.53. The zero-order chi connectivity index (χ0) is 16.3. The highest BCUT2D eigenvalue weighted by molar-refractivity contribution is 7.88. The number of aromatic nitrogens is 2. The van der Waals surface area contributed by atoms with Crippen LogP contribution in [0, 0.1) is 5.92 Å². The monoisotopic (exact) mass is 338 g/mol. The molecule has 8 heteroatoms. The summed E-state index contributed by atoms with van der Waals surface area (Å²) in [4.78, 5) is 2.42. The molecule has 1 unspecified atom stereocenters. The Hall–Kier alpha value is -1.51. The number of sulfonamides is 1. The predicted molar refractivity (Wildman–Crippen MR) is 87.3 cm³/mol. The molecule has 126 valence electrons. The van der Waals surface area contributed by atoms with E-state index in [1.807, 2.05) is 12.1 Å². The van der Waals surface area contributed by atoms with Crippen molar-refractivity contribution >= 4 is 21.1 Å². The van der Waals surface area contributed by atoms with Crippen molar-refractivity contribution in [1.29, 1.82) is 0 Å². The second-order valence-electron chi connectivity index (χ2n) is 6.29. The summed E-state index contributed by atoms with van der Waals surface area (Å²) in [7, 11) is -3.09. The molecule has 1 aromatic carbocycles. The zero-order valence-corrected chi connectivity index (χ0v) is 14.1. The molecule has 1 aliphatic heterocycles. The van der Waals surface area contributed by atoms with Crippen molar-refractivity contribution in [1.82, 2.24) is 19.9 Å². The number of benzene rings is 1. The average molecular weight is 338 g/mol. The number of likely N-dealkylation sites (tertiary alicyclic amines) is 1. The average Bonchev–Trinajstić information content (AvgIpc) is 2.94. The fourth-order valence-electron chi connectivity index (χ4n) is 3.16. The van der Waals surface area contributed by atoms with Crippen LogP contribution in [0.1, 0.15) is 24.8 Å². The number of hydrogen-bond acceptors (Lipinski definition) is 6. The van der Waals surface area contributed by atoms with Gasteiger partial charge < -0.3 is 0 Å². The van der Waals surface area contributed by atoms with Crippen LogP contribution in [0.4, 0.5) is 0 Å². The SMILES string of the molecule is CS(=O)(=O)NCCC1CCCN(Cc2ccc3nonc3c2)C1. The lowest BCUT2D eigenvalue weighted by Crippen LogP contribution is -2.36. The second-order valence-corrected chi connectivity index (χ2v) is 8.12. The van der Waals surface area contributed by atoms with E-state index in [1.54, 1.807) is 0 Å². The Kier molecular flexibility index (Phi) is 4.93. The Morgan fingerprint density at radius 3 is 3.00 bits per heavy atom. The van der Waals surface area contributed by atoms with Crippen molar-refractivity contribution in [2.24, 2.45) is 5.92 Å².